The van der Waals surface area contributed by atoms with Crippen LogP contribution < -0.4 is 20.1 Å². The Balaban J connectivity index is 2.04. The molecule has 0 aliphatic rings. The maximum atomic E-state index is 13.0. The van der Waals surface area contributed by atoms with Crippen molar-refractivity contribution in [1.29, 1.82) is 0 Å². The number of terminal acetylenes is 1. The number of nitrogens with one attached hydrogen (secondary N) is 2. The molecule has 0 aromatic heterocycles. The van der Waals surface area contributed by atoms with E-state index >= 15 is 0 Å². The smallest absolute Gasteiger partial charge is 0.191 e. The highest BCUT2D eigenvalue weighted by atomic mass is 19.1. The van der Waals surface area contributed by atoms with Crippen LogP contribution in [0.1, 0.15) is 18.1 Å². The van der Waals surface area contributed by atoms with Crippen molar-refractivity contribution in [2.24, 2.45) is 4.99 Å². The average molecular weight is 369 g/mol. The van der Waals surface area contributed by atoms with E-state index in [1.807, 2.05) is 25.1 Å². The SMILES string of the molecule is C#CCOc1cc(CN=C(NCC)NCc2ccc(F)cc2)ccc1OC. The molecule has 0 atom stereocenters. The van der Waals surface area contributed by atoms with E-state index in [9.17, 15) is 4.39 Å². The number of ether oxygens (including phenoxy) is 2. The number of guanidine groups is 1. The summed E-state index contributed by atoms with van der Waals surface area (Å²) >= 11 is 0. The molecule has 0 radical (unpaired) electrons. The lowest BCUT2D eigenvalue weighted by molar-refractivity contribution is 0.330. The fraction of sp³-hybridized carbons (Fsp3) is 0.286. The van der Waals surface area contributed by atoms with Crippen LogP contribution in [0.4, 0.5) is 4.39 Å². The van der Waals surface area contributed by atoms with Gasteiger partial charge in [0.25, 0.3) is 0 Å². The van der Waals surface area contributed by atoms with Gasteiger partial charge in [0.1, 0.15) is 12.4 Å². The highest BCUT2D eigenvalue weighted by molar-refractivity contribution is 5.79. The Kier molecular flexibility index (Phi) is 7.98. The van der Waals surface area contributed by atoms with Gasteiger partial charge in [0, 0.05) is 13.1 Å². The summed E-state index contributed by atoms with van der Waals surface area (Å²) in [5.74, 6) is 4.08. The summed E-state index contributed by atoms with van der Waals surface area (Å²) in [6, 6.07) is 12.0. The number of halogens is 1. The van der Waals surface area contributed by atoms with E-state index in [4.69, 9.17) is 15.9 Å². The molecule has 2 aromatic rings. The summed E-state index contributed by atoms with van der Waals surface area (Å²) in [5.41, 5.74) is 1.93. The molecule has 0 bridgehead atoms. The molecule has 0 unspecified atom stereocenters. The Labute approximate surface area is 159 Å². The summed E-state index contributed by atoms with van der Waals surface area (Å²) in [4.78, 5) is 4.58. The second-order valence-electron chi connectivity index (χ2n) is 5.65. The van der Waals surface area contributed by atoms with Gasteiger partial charge in [0.05, 0.1) is 13.7 Å². The van der Waals surface area contributed by atoms with Gasteiger partial charge in [-0.1, -0.05) is 24.1 Å². The number of aliphatic imine (C=N–C) groups is 1. The highest BCUT2D eigenvalue weighted by Gasteiger charge is 2.06. The van der Waals surface area contributed by atoms with Gasteiger partial charge in [0.15, 0.2) is 17.5 Å². The maximum Gasteiger partial charge on any atom is 0.191 e. The van der Waals surface area contributed by atoms with E-state index in [0.717, 1.165) is 17.7 Å². The third-order valence-electron chi connectivity index (χ3n) is 3.68. The first kappa shape index (κ1) is 20.1. The average Bonchev–Trinajstić information content (AvgIpc) is 2.69. The molecule has 0 amide bonds. The van der Waals surface area contributed by atoms with Gasteiger partial charge in [-0.2, -0.15) is 0 Å². The summed E-state index contributed by atoms with van der Waals surface area (Å²) in [6.45, 7) is 3.90. The molecule has 142 valence electrons. The van der Waals surface area contributed by atoms with Crippen molar-refractivity contribution in [1.82, 2.24) is 10.6 Å². The molecule has 6 heteroatoms. The van der Waals surface area contributed by atoms with Crippen molar-refractivity contribution >= 4 is 5.96 Å². The van der Waals surface area contributed by atoms with E-state index in [2.05, 4.69) is 21.5 Å². The van der Waals surface area contributed by atoms with Crippen molar-refractivity contribution in [3.8, 4) is 23.8 Å². The monoisotopic (exact) mass is 369 g/mol. The van der Waals surface area contributed by atoms with E-state index in [1.165, 1.54) is 12.1 Å². The van der Waals surface area contributed by atoms with Gasteiger partial charge in [-0.15, -0.1) is 6.42 Å². The van der Waals surface area contributed by atoms with Crippen LogP contribution in [0.3, 0.4) is 0 Å². The molecule has 0 saturated heterocycles. The number of hydrogen-bond acceptors (Lipinski definition) is 3. The second-order valence-corrected chi connectivity index (χ2v) is 5.65. The van der Waals surface area contributed by atoms with E-state index in [-0.39, 0.29) is 12.4 Å². The summed E-state index contributed by atoms with van der Waals surface area (Å²) < 4.78 is 23.8. The third kappa shape index (κ3) is 6.55. The molecule has 0 spiro atoms. The fourth-order valence-electron chi connectivity index (χ4n) is 2.35. The number of hydrogen-bond donors (Lipinski definition) is 2. The topological polar surface area (TPSA) is 54.9 Å². The fourth-order valence-corrected chi connectivity index (χ4v) is 2.35. The van der Waals surface area contributed by atoms with Crippen LogP contribution in [0.25, 0.3) is 0 Å². The Morgan fingerprint density at radius 1 is 1.11 bits per heavy atom. The van der Waals surface area contributed by atoms with Crippen LogP contribution in [0.15, 0.2) is 47.5 Å². The molecule has 0 aliphatic carbocycles. The van der Waals surface area contributed by atoms with E-state index in [1.54, 1.807) is 19.2 Å². The first-order valence-corrected chi connectivity index (χ1v) is 8.66. The molecule has 2 rings (SSSR count). The number of methoxy groups -OCH3 is 1. The largest absolute Gasteiger partial charge is 0.493 e. The predicted octanol–water partition coefficient (Wildman–Crippen LogP) is 3.10. The first-order chi connectivity index (χ1) is 13.2. The molecular weight excluding hydrogens is 345 g/mol. The second kappa shape index (κ2) is 10.7. The normalized spacial score (nSPS) is 10.8. The highest BCUT2D eigenvalue weighted by Crippen LogP contribution is 2.28. The van der Waals surface area contributed by atoms with Crippen molar-refractivity contribution in [2.75, 3.05) is 20.3 Å². The Bertz CT molecular complexity index is 798. The predicted molar refractivity (Wildman–Crippen MR) is 105 cm³/mol. The van der Waals surface area contributed by atoms with Crippen molar-refractivity contribution in [3.05, 3.63) is 59.4 Å². The molecule has 0 fully saturated rings. The van der Waals surface area contributed by atoms with Gasteiger partial charge in [-0.25, -0.2) is 9.38 Å². The van der Waals surface area contributed by atoms with Gasteiger partial charge in [-0.05, 0) is 42.3 Å². The minimum atomic E-state index is -0.248. The summed E-state index contributed by atoms with van der Waals surface area (Å²) in [6.07, 6.45) is 5.25. The maximum absolute atomic E-state index is 13.0. The van der Waals surface area contributed by atoms with Crippen LogP contribution in [0.5, 0.6) is 11.5 Å². The lowest BCUT2D eigenvalue weighted by atomic mass is 10.2. The number of benzene rings is 2. The van der Waals surface area contributed by atoms with Crippen LogP contribution in [0, 0.1) is 18.2 Å². The quantitative estimate of drug-likeness (QED) is 0.427. The molecule has 0 saturated carbocycles. The van der Waals surface area contributed by atoms with E-state index in [0.29, 0.717) is 30.5 Å². The minimum absolute atomic E-state index is 0.172. The lowest BCUT2D eigenvalue weighted by Gasteiger charge is -2.12. The van der Waals surface area contributed by atoms with Gasteiger partial charge in [-0.3, -0.25) is 0 Å². The summed E-state index contributed by atoms with van der Waals surface area (Å²) in [5, 5.41) is 6.42. The third-order valence-corrected chi connectivity index (χ3v) is 3.68. The molecule has 5 nitrogen and oxygen atoms in total. The molecule has 2 N–H and O–H groups in total. The summed E-state index contributed by atoms with van der Waals surface area (Å²) in [7, 11) is 1.58. The minimum Gasteiger partial charge on any atom is -0.493 e. The molecule has 27 heavy (non-hydrogen) atoms. The first-order valence-electron chi connectivity index (χ1n) is 8.66. The number of nitrogens with zero attached hydrogens (tertiary/aromatic N) is 1. The Morgan fingerprint density at radius 2 is 1.85 bits per heavy atom. The molecule has 2 aromatic carbocycles. The lowest BCUT2D eigenvalue weighted by Crippen LogP contribution is -2.36. The molecule has 0 aliphatic heterocycles. The Morgan fingerprint density at radius 3 is 2.52 bits per heavy atom. The van der Waals surface area contributed by atoms with Crippen LogP contribution in [0.2, 0.25) is 0 Å². The van der Waals surface area contributed by atoms with Gasteiger partial charge < -0.3 is 20.1 Å². The zero-order chi connectivity index (χ0) is 19.5. The standard InChI is InChI=1S/C21H24FN3O2/c1-4-12-27-20-13-17(8-11-19(20)26-3)15-25-21(23-5-2)24-14-16-6-9-18(22)10-7-16/h1,6-11,13H,5,12,14-15H2,2-3H3,(H2,23,24,25). The number of rotatable bonds is 8. The Hall–Kier alpha value is -3.20. The van der Waals surface area contributed by atoms with Crippen LogP contribution in [-0.4, -0.2) is 26.2 Å². The van der Waals surface area contributed by atoms with Gasteiger partial charge in [0.2, 0.25) is 0 Å². The zero-order valence-electron chi connectivity index (χ0n) is 15.6. The van der Waals surface area contributed by atoms with E-state index < -0.39 is 0 Å². The van der Waals surface area contributed by atoms with Crippen LogP contribution >= 0.6 is 0 Å². The van der Waals surface area contributed by atoms with Crippen molar-refractivity contribution < 1.29 is 13.9 Å². The molecule has 0 heterocycles. The van der Waals surface area contributed by atoms with Crippen molar-refractivity contribution in [3.63, 3.8) is 0 Å². The van der Waals surface area contributed by atoms with Gasteiger partial charge >= 0.3 is 0 Å². The zero-order valence-corrected chi connectivity index (χ0v) is 15.6. The van der Waals surface area contributed by atoms with Crippen molar-refractivity contribution in [2.45, 2.75) is 20.0 Å². The van der Waals surface area contributed by atoms with Crippen LogP contribution in [-0.2, 0) is 13.1 Å². The molecular formula is C21H24FN3O2.